The van der Waals surface area contributed by atoms with E-state index < -0.39 is 152 Å². The van der Waals surface area contributed by atoms with Crippen LogP contribution in [0.4, 0.5) is 0 Å². The lowest BCUT2D eigenvalue weighted by Gasteiger charge is -2.29. The molecule has 29 heteroatoms. The highest BCUT2D eigenvalue weighted by molar-refractivity contribution is 5.98. The van der Waals surface area contributed by atoms with Gasteiger partial charge < -0.3 is 86.4 Å². The predicted molar refractivity (Wildman–Crippen MR) is 241 cm³/mol. The van der Waals surface area contributed by atoms with E-state index in [0.29, 0.717) is 6.42 Å². The number of guanidine groups is 1. The van der Waals surface area contributed by atoms with E-state index in [9.17, 15) is 63.0 Å². The first-order valence-corrected chi connectivity index (χ1v) is 22.0. The van der Waals surface area contributed by atoms with Gasteiger partial charge in [0.1, 0.15) is 48.3 Å². The van der Waals surface area contributed by atoms with Crippen LogP contribution in [0.2, 0.25) is 0 Å². The second kappa shape index (κ2) is 28.7. The average molecular weight is 979 g/mol. The summed E-state index contributed by atoms with van der Waals surface area (Å²) >= 11 is 0. The zero-order valence-corrected chi connectivity index (χ0v) is 38.4. The van der Waals surface area contributed by atoms with Crippen LogP contribution in [-0.4, -0.2) is 164 Å². The second-order valence-corrected chi connectivity index (χ2v) is 16.6. The molecule has 1 saturated heterocycles. The average Bonchev–Trinajstić information content (AvgIpc) is 3.99. The van der Waals surface area contributed by atoms with Crippen molar-refractivity contribution in [2.45, 2.75) is 133 Å². The number of primary amides is 3. The van der Waals surface area contributed by atoms with E-state index in [4.69, 9.17) is 34.4 Å². The largest absolute Gasteiger partial charge is 0.481 e. The fraction of sp³-hybridized carbons (Fsp3) is 0.625. The number of aliphatic imine (C=N–C) groups is 1. The van der Waals surface area contributed by atoms with Crippen molar-refractivity contribution in [2.24, 2.45) is 45.3 Å². The van der Waals surface area contributed by atoms with Gasteiger partial charge in [0.05, 0.1) is 12.9 Å². The maximum absolute atomic E-state index is 14.2. The number of amides is 10. The SMILES string of the molecule is CC(C)[C@H](NC(=O)[C@H](CCCN=C(N)N)NC(=O)[C@@H](CCC(N)=O)NC(=O)[C@H](Cc1cnc[nH]1)NC(=O)[C@H](CCC(=O)O)NC(=O)[C@@H]1CCCN1C(=O)[C@@H](N)CO)C(=O)N[C@@H](CCC(N)=O)C(N)=O. The minimum absolute atomic E-state index is 0.0180. The van der Waals surface area contributed by atoms with Gasteiger partial charge in [0.2, 0.25) is 59.1 Å². The lowest BCUT2D eigenvalue weighted by atomic mass is 10.0. The third-order valence-electron chi connectivity index (χ3n) is 10.7. The molecule has 0 unspecified atom stereocenters. The second-order valence-electron chi connectivity index (χ2n) is 16.6. The number of nitrogens with one attached hydrogen (secondary N) is 7. The summed E-state index contributed by atoms with van der Waals surface area (Å²) in [5.74, 6) is -11.3. The van der Waals surface area contributed by atoms with Gasteiger partial charge in [0, 0.05) is 50.7 Å². The normalized spacial score (nSPS) is 16.2. The van der Waals surface area contributed by atoms with Crippen LogP contribution in [0, 0.1) is 5.92 Å². The minimum atomic E-state index is -1.64. The van der Waals surface area contributed by atoms with Gasteiger partial charge in [-0.1, -0.05) is 13.8 Å². The molecule has 1 aromatic rings. The van der Waals surface area contributed by atoms with Crippen molar-refractivity contribution >= 4 is 71.0 Å². The zero-order valence-electron chi connectivity index (χ0n) is 38.4. The quantitative estimate of drug-likeness (QED) is 0.0187. The van der Waals surface area contributed by atoms with Crippen LogP contribution in [0.15, 0.2) is 17.5 Å². The van der Waals surface area contributed by atoms with Gasteiger partial charge in [-0.15, -0.1) is 0 Å². The number of carboxylic acids is 1. The first kappa shape index (κ1) is 57.7. The summed E-state index contributed by atoms with van der Waals surface area (Å²) in [6.07, 6.45) is 0.192. The van der Waals surface area contributed by atoms with E-state index >= 15 is 0 Å². The number of hydrogen-bond acceptors (Lipinski definition) is 15. The maximum Gasteiger partial charge on any atom is 0.303 e. The Morgan fingerprint density at radius 2 is 1.26 bits per heavy atom. The standard InChI is InChI=1S/C40H66N16O13/c1-19(2)31(38(68)50-22(32(44)62)7-10-28(42)58)55-35(65)23(5-3-13-48-40(45)46)51-33(63)24(8-11-29(43)59)52-36(66)26(15-20-16-47-18-49-20)54-34(64)25(9-12-30(60)61)53-37(67)27-6-4-14-56(27)39(69)21(41)17-57/h16,18-19,21-27,31,57H,3-15,17,41H2,1-2H3,(H2,42,58)(H2,43,59)(H2,44,62)(H,47,49)(H,50,68)(H,51,63)(H,52,66)(H,53,67)(H,54,64)(H,55,65)(H,60,61)(H4,45,46,48)/t21-,22-,23-,24+,25-,26-,27-,31-/m0/s1. The molecule has 0 aromatic carbocycles. The van der Waals surface area contributed by atoms with E-state index in [1.807, 2.05) is 0 Å². The van der Waals surface area contributed by atoms with Gasteiger partial charge in [-0.25, -0.2) is 4.98 Å². The number of carbonyl (C=O) groups is 11. The van der Waals surface area contributed by atoms with E-state index in [1.165, 1.54) is 12.5 Å². The Balaban J connectivity index is 2.46. The Morgan fingerprint density at radius 3 is 1.78 bits per heavy atom. The van der Waals surface area contributed by atoms with E-state index in [1.54, 1.807) is 13.8 Å². The molecular formula is C40H66N16O13. The summed E-state index contributed by atoms with van der Waals surface area (Å²) < 4.78 is 0. The number of rotatable bonds is 31. The smallest absolute Gasteiger partial charge is 0.303 e. The highest BCUT2D eigenvalue weighted by Crippen LogP contribution is 2.19. The van der Waals surface area contributed by atoms with E-state index in [-0.39, 0.29) is 63.3 Å². The fourth-order valence-electron chi connectivity index (χ4n) is 6.99. The molecular weight excluding hydrogens is 913 g/mol. The van der Waals surface area contributed by atoms with Crippen LogP contribution >= 0.6 is 0 Å². The molecule has 1 fully saturated rings. The number of nitrogens with zero attached hydrogens (tertiary/aromatic N) is 3. The number of aliphatic hydroxyl groups excluding tert-OH is 1. The van der Waals surface area contributed by atoms with Crippen LogP contribution in [0.3, 0.4) is 0 Å². The summed E-state index contributed by atoms with van der Waals surface area (Å²) in [4.78, 5) is 155. The van der Waals surface area contributed by atoms with Crippen molar-refractivity contribution in [3.63, 3.8) is 0 Å². The van der Waals surface area contributed by atoms with Gasteiger partial charge >= 0.3 is 5.97 Å². The number of hydrogen-bond donors (Lipinski definition) is 15. The number of nitrogens with two attached hydrogens (primary N) is 6. The van der Waals surface area contributed by atoms with Crippen LogP contribution in [-0.2, 0) is 59.2 Å². The van der Waals surface area contributed by atoms with E-state index in [2.05, 4.69) is 46.9 Å². The summed E-state index contributed by atoms with van der Waals surface area (Å²) in [5.41, 5.74) is 32.9. The molecule has 1 aliphatic rings. The first-order valence-electron chi connectivity index (χ1n) is 22.0. The number of aromatic nitrogens is 2. The molecule has 0 saturated carbocycles. The number of likely N-dealkylation sites (tertiary alicyclic amines) is 1. The maximum atomic E-state index is 14.2. The number of carbonyl (C=O) groups excluding carboxylic acids is 10. The van der Waals surface area contributed by atoms with Gasteiger partial charge in [0.25, 0.3) is 0 Å². The van der Waals surface area contributed by atoms with Gasteiger partial charge in [-0.05, 0) is 50.9 Å². The van der Waals surface area contributed by atoms with Crippen molar-refractivity contribution in [1.29, 1.82) is 0 Å². The third-order valence-corrected chi connectivity index (χ3v) is 10.7. The van der Waals surface area contributed by atoms with E-state index in [0.717, 1.165) is 4.90 Å². The summed E-state index contributed by atoms with van der Waals surface area (Å²) in [7, 11) is 0. The molecule has 1 aromatic heterocycles. The summed E-state index contributed by atoms with van der Waals surface area (Å²) in [6, 6.07) is -11.4. The Morgan fingerprint density at radius 1 is 0.739 bits per heavy atom. The summed E-state index contributed by atoms with van der Waals surface area (Å²) in [5, 5.41) is 33.7. The zero-order chi connectivity index (χ0) is 52.0. The predicted octanol–water partition coefficient (Wildman–Crippen LogP) is -7.24. The number of aliphatic carboxylic acids is 1. The number of aliphatic hydroxyl groups is 1. The molecule has 2 rings (SSSR count). The Hall–Kier alpha value is -7.43. The molecule has 384 valence electrons. The number of H-pyrrole nitrogens is 1. The minimum Gasteiger partial charge on any atom is -0.481 e. The van der Waals surface area contributed by atoms with Crippen molar-refractivity contribution < 1.29 is 63.0 Å². The van der Waals surface area contributed by atoms with Crippen LogP contribution in [0.5, 0.6) is 0 Å². The third kappa shape index (κ3) is 20.1. The highest BCUT2D eigenvalue weighted by atomic mass is 16.4. The van der Waals surface area contributed by atoms with Gasteiger partial charge in [-0.3, -0.25) is 57.7 Å². The molecule has 8 atom stereocenters. The molecule has 21 N–H and O–H groups in total. The topological polar surface area (TPSA) is 501 Å². The van der Waals surface area contributed by atoms with Crippen molar-refractivity contribution in [3.8, 4) is 0 Å². The number of carboxylic acid groups (broad SMARTS) is 1. The first-order chi connectivity index (χ1) is 32.4. The Kier molecular flexibility index (Phi) is 24.0. The summed E-state index contributed by atoms with van der Waals surface area (Å²) in [6.45, 7) is 2.54. The van der Waals surface area contributed by atoms with Crippen molar-refractivity contribution in [3.05, 3.63) is 18.2 Å². The molecule has 0 radical (unpaired) electrons. The lowest BCUT2D eigenvalue weighted by molar-refractivity contribution is -0.141. The molecule has 29 nitrogen and oxygen atoms in total. The molecule has 10 amide bonds. The van der Waals surface area contributed by atoms with Crippen molar-refractivity contribution in [2.75, 3.05) is 19.7 Å². The number of imidazole rings is 1. The molecule has 2 heterocycles. The Bertz CT molecular complexity index is 2010. The van der Waals surface area contributed by atoms with Crippen LogP contribution < -0.4 is 66.3 Å². The number of aromatic amines is 1. The molecule has 0 bridgehead atoms. The van der Waals surface area contributed by atoms with Gasteiger partial charge in [0.15, 0.2) is 5.96 Å². The van der Waals surface area contributed by atoms with Crippen LogP contribution in [0.1, 0.15) is 83.7 Å². The molecule has 0 spiro atoms. The monoisotopic (exact) mass is 978 g/mol. The van der Waals surface area contributed by atoms with Crippen LogP contribution in [0.25, 0.3) is 0 Å². The lowest BCUT2D eigenvalue weighted by Crippen LogP contribution is -2.61. The molecule has 0 aliphatic carbocycles. The Labute approximate surface area is 396 Å². The fourth-order valence-corrected chi connectivity index (χ4v) is 6.99. The van der Waals surface area contributed by atoms with Crippen molar-refractivity contribution in [1.82, 2.24) is 46.8 Å². The van der Waals surface area contributed by atoms with Gasteiger partial charge in [-0.2, -0.15) is 0 Å². The highest BCUT2D eigenvalue weighted by Gasteiger charge is 2.39. The molecule has 69 heavy (non-hydrogen) atoms. The molecule has 1 aliphatic heterocycles.